The number of nitrogens with one attached hydrogen (secondary N) is 1. The van der Waals surface area contributed by atoms with E-state index in [0.717, 1.165) is 16.7 Å². The Bertz CT molecular complexity index is 1150. The Kier molecular flexibility index (Phi) is 11.2. The van der Waals surface area contributed by atoms with E-state index in [1.807, 2.05) is 60.7 Å². The Morgan fingerprint density at radius 3 is 1.92 bits per heavy atom. The lowest BCUT2D eigenvalue weighted by molar-refractivity contribution is -0.129. The van der Waals surface area contributed by atoms with Crippen LogP contribution in [0.15, 0.2) is 97.1 Å². The minimum Gasteiger partial charge on any atom is -0.508 e. The Morgan fingerprint density at radius 1 is 0.789 bits per heavy atom. The van der Waals surface area contributed by atoms with Crippen molar-refractivity contribution < 1.29 is 24.9 Å². The number of aliphatic hydroxyl groups is 2. The molecule has 0 aliphatic heterocycles. The van der Waals surface area contributed by atoms with E-state index < -0.39 is 30.1 Å². The van der Waals surface area contributed by atoms with Crippen molar-refractivity contribution in [2.45, 2.75) is 50.0 Å². The highest BCUT2D eigenvalue weighted by molar-refractivity contribution is 5.83. The Morgan fingerprint density at radius 2 is 1.34 bits per heavy atom. The highest BCUT2D eigenvalue weighted by Crippen LogP contribution is 2.17. The quantitative estimate of drug-likeness (QED) is 0.165. The maximum atomic E-state index is 13.2. The molecule has 0 unspecified atom stereocenters. The summed E-state index contributed by atoms with van der Waals surface area (Å²) in [5, 5.41) is 33.6. The summed E-state index contributed by atoms with van der Waals surface area (Å²) in [6.07, 6.45) is 2.83. The fourth-order valence-electron chi connectivity index (χ4n) is 4.31. The predicted molar refractivity (Wildman–Crippen MR) is 147 cm³/mol. The number of benzene rings is 3. The number of aromatic hydroxyl groups is 1. The van der Waals surface area contributed by atoms with Crippen LogP contribution in [0, 0.1) is 5.92 Å². The zero-order valence-corrected chi connectivity index (χ0v) is 21.3. The van der Waals surface area contributed by atoms with E-state index in [0.29, 0.717) is 19.1 Å². The van der Waals surface area contributed by atoms with Gasteiger partial charge in [0.2, 0.25) is 5.91 Å². The average molecular weight is 517 g/mol. The van der Waals surface area contributed by atoms with Crippen LogP contribution in [-0.4, -0.2) is 51.8 Å². The van der Waals surface area contributed by atoms with Gasteiger partial charge in [-0.2, -0.15) is 0 Å². The maximum absolute atomic E-state index is 13.2. The smallest absolute Gasteiger partial charge is 0.226 e. The van der Waals surface area contributed by atoms with Gasteiger partial charge in [0.15, 0.2) is 0 Å². The second kappa shape index (κ2) is 14.8. The second-order valence-corrected chi connectivity index (χ2v) is 9.55. The number of rotatable bonds is 14. The van der Waals surface area contributed by atoms with E-state index in [1.54, 1.807) is 24.3 Å². The molecular formula is C31H36N2O5. The van der Waals surface area contributed by atoms with Crippen LogP contribution in [-0.2, 0) is 28.9 Å². The SMILES string of the molecule is N[C@@H](Cc1ccc(O)cc1)C[C@H](O)/C=C/[C@@H](O)[C@H](Cc1ccccc1)C(=O)N[C@H](C=O)Cc1ccccc1. The number of carbonyl (C=O) groups excluding carboxylic acids is 2. The van der Waals surface area contributed by atoms with Crippen molar-refractivity contribution in [3.8, 4) is 5.75 Å². The van der Waals surface area contributed by atoms with Gasteiger partial charge in [-0.15, -0.1) is 0 Å². The van der Waals surface area contributed by atoms with Crippen LogP contribution >= 0.6 is 0 Å². The molecule has 6 N–H and O–H groups in total. The van der Waals surface area contributed by atoms with E-state index in [2.05, 4.69) is 5.32 Å². The van der Waals surface area contributed by atoms with Crippen LogP contribution in [0.3, 0.4) is 0 Å². The Labute approximate surface area is 223 Å². The van der Waals surface area contributed by atoms with Crippen LogP contribution < -0.4 is 11.1 Å². The van der Waals surface area contributed by atoms with Crippen molar-refractivity contribution in [3.05, 3.63) is 114 Å². The largest absolute Gasteiger partial charge is 0.508 e. The highest BCUT2D eigenvalue weighted by atomic mass is 16.3. The molecule has 0 heterocycles. The van der Waals surface area contributed by atoms with Crippen molar-refractivity contribution in [2.24, 2.45) is 11.7 Å². The summed E-state index contributed by atoms with van der Waals surface area (Å²) in [5.74, 6) is -1.14. The molecule has 1 amide bonds. The summed E-state index contributed by atoms with van der Waals surface area (Å²) >= 11 is 0. The molecule has 0 saturated carbocycles. The van der Waals surface area contributed by atoms with Gasteiger partial charge in [0.25, 0.3) is 0 Å². The van der Waals surface area contributed by atoms with Crippen molar-refractivity contribution in [1.29, 1.82) is 0 Å². The van der Waals surface area contributed by atoms with Gasteiger partial charge in [-0.1, -0.05) is 84.9 Å². The minimum atomic E-state index is -1.19. The van der Waals surface area contributed by atoms with Crippen LogP contribution in [0.1, 0.15) is 23.1 Å². The number of amides is 1. The first-order chi connectivity index (χ1) is 18.3. The van der Waals surface area contributed by atoms with Crippen LogP contribution in [0.2, 0.25) is 0 Å². The van der Waals surface area contributed by atoms with Gasteiger partial charge < -0.3 is 31.2 Å². The predicted octanol–water partition coefficient (Wildman–Crippen LogP) is 2.72. The van der Waals surface area contributed by atoms with E-state index in [4.69, 9.17) is 5.73 Å². The van der Waals surface area contributed by atoms with E-state index >= 15 is 0 Å². The first-order valence-electron chi connectivity index (χ1n) is 12.8. The summed E-state index contributed by atoms with van der Waals surface area (Å²) in [5.41, 5.74) is 8.89. The zero-order chi connectivity index (χ0) is 27.3. The average Bonchev–Trinajstić information content (AvgIpc) is 2.92. The number of aldehydes is 1. The number of phenols is 1. The van der Waals surface area contributed by atoms with Crippen LogP contribution in [0.5, 0.6) is 5.75 Å². The maximum Gasteiger partial charge on any atom is 0.226 e. The van der Waals surface area contributed by atoms with Crippen molar-refractivity contribution >= 4 is 12.2 Å². The van der Waals surface area contributed by atoms with Gasteiger partial charge in [0.05, 0.1) is 24.2 Å². The molecular weight excluding hydrogens is 480 g/mol. The fourth-order valence-corrected chi connectivity index (χ4v) is 4.31. The van der Waals surface area contributed by atoms with E-state index in [-0.39, 0.29) is 24.6 Å². The van der Waals surface area contributed by atoms with Crippen molar-refractivity contribution in [2.75, 3.05) is 0 Å². The lowest BCUT2D eigenvalue weighted by atomic mass is 9.91. The monoisotopic (exact) mass is 516 g/mol. The van der Waals surface area contributed by atoms with Gasteiger partial charge in [-0.25, -0.2) is 0 Å². The molecule has 3 aromatic rings. The highest BCUT2D eigenvalue weighted by Gasteiger charge is 2.27. The number of nitrogens with two attached hydrogens (primary N) is 1. The second-order valence-electron chi connectivity index (χ2n) is 9.55. The van der Waals surface area contributed by atoms with Gasteiger partial charge in [-0.05, 0) is 54.5 Å². The zero-order valence-electron chi connectivity index (χ0n) is 21.3. The van der Waals surface area contributed by atoms with Gasteiger partial charge >= 0.3 is 0 Å². The lowest BCUT2D eigenvalue weighted by Gasteiger charge is -2.23. The first kappa shape index (κ1) is 28.8. The van der Waals surface area contributed by atoms with Gasteiger partial charge in [-0.3, -0.25) is 4.79 Å². The normalized spacial score (nSPS) is 15.3. The summed E-state index contributed by atoms with van der Waals surface area (Å²) in [6.45, 7) is 0. The lowest BCUT2D eigenvalue weighted by Crippen LogP contribution is -2.45. The van der Waals surface area contributed by atoms with Crippen LogP contribution in [0.25, 0.3) is 0 Å². The number of carbonyl (C=O) groups is 2. The third-order valence-electron chi connectivity index (χ3n) is 6.35. The van der Waals surface area contributed by atoms with Crippen LogP contribution in [0.4, 0.5) is 0 Å². The number of aliphatic hydroxyl groups excluding tert-OH is 2. The van der Waals surface area contributed by atoms with E-state index in [1.165, 1.54) is 12.2 Å². The number of hydrogen-bond acceptors (Lipinski definition) is 6. The third kappa shape index (κ3) is 9.59. The topological polar surface area (TPSA) is 133 Å². The Balaban J connectivity index is 1.64. The molecule has 0 radical (unpaired) electrons. The molecule has 200 valence electrons. The Hall–Kier alpha value is -3.78. The van der Waals surface area contributed by atoms with Crippen molar-refractivity contribution in [1.82, 2.24) is 5.32 Å². The first-order valence-corrected chi connectivity index (χ1v) is 12.8. The molecule has 0 fully saturated rings. The molecule has 0 saturated heterocycles. The third-order valence-corrected chi connectivity index (χ3v) is 6.35. The van der Waals surface area contributed by atoms with Gasteiger partial charge in [0.1, 0.15) is 12.0 Å². The standard InChI is InChI=1S/C31H36N2O5/c32-25(17-24-11-13-27(35)14-12-24)20-28(36)15-16-30(37)29(19-23-9-5-2-6-10-23)31(38)33-26(21-34)18-22-7-3-1-4-8-22/h1-16,21,25-26,28-30,35-37H,17-20,32H2,(H,33,38)/b16-15+/t25-,26-,28+,29-,30+/m0/s1. The molecule has 7 nitrogen and oxygen atoms in total. The molecule has 0 aliphatic rings. The molecule has 38 heavy (non-hydrogen) atoms. The fraction of sp³-hybridized carbons (Fsp3) is 0.290. The summed E-state index contributed by atoms with van der Waals surface area (Å²) in [4.78, 5) is 24.9. The molecule has 0 bridgehead atoms. The molecule has 3 rings (SSSR count). The summed E-state index contributed by atoms with van der Waals surface area (Å²) < 4.78 is 0. The molecule has 0 spiro atoms. The molecule has 0 aromatic heterocycles. The van der Waals surface area contributed by atoms with E-state index in [9.17, 15) is 24.9 Å². The number of phenolic OH excluding ortho intramolecular Hbond substituents is 1. The molecule has 3 aromatic carbocycles. The summed E-state index contributed by atoms with van der Waals surface area (Å²) in [7, 11) is 0. The number of hydrogen-bond donors (Lipinski definition) is 5. The molecule has 0 aliphatic carbocycles. The minimum absolute atomic E-state index is 0.174. The molecule has 7 heteroatoms. The van der Waals surface area contributed by atoms with Gasteiger partial charge in [0, 0.05) is 6.04 Å². The molecule has 5 atom stereocenters. The van der Waals surface area contributed by atoms with Crippen molar-refractivity contribution in [3.63, 3.8) is 0 Å². The summed E-state index contributed by atoms with van der Waals surface area (Å²) in [6, 6.07) is 24.4.